The second kappa shape index (κ2) is 6.52. The number of carbonyl (C=O) groups excluding carboxylic acids is 2. The van der Waals surface area contributed by atoms with Crippen molar-refractivity contribution in [3.63, 3.8) is 0 Å². The summed E-state index contributed by atoms with van der Waals surface area (Å²) < 4.78 is 4.79. The van der Waals surface area contributed by atoms with E-state index in [-0.39, 0.29) is 23.8 Å². The highest BCUT2D eigenvalue weighted by molar-refractivity contribution is 5.82. The molecule has 0 saturated carbocycles. The van der Waals surface area contributed by atoms with Crippen LogP contribution in [-0.4, -0.2) is 32.1 Å². The molecule has 2 atom stereocenters. The van der Waals surface area contributed by atoms with Gasteiger partial charge in [-0.05, 0) is 12.5 Å². The van der Waals surface area contributed by atoms with Gasteiger partial charge >= 0.3 is 5.97 Å². The van der Waals surface area contributed by atoms with E-state index in [1.165, 1.54) is 7.11 Å². The van der Waals surface area contributed by atoms with Crippen LogP contribution in [0.1, 0.15) is 18.5 Å². The molecule has 2 unspecified atom stereocenters. The van der Waals surface area contributed by atoms with Crippen LogP contribution >= 0.6 is 0 Å². The van der Waals surface area contributed by atoms with Gasteiger partial charge < -0.3 is 15.4 Å². The number of benzene rings is 1. The predicted octanol–water partition coefficient (Wildman–Crippen LogP) is 0.872. The van der Waals surface area contributed by atoms with E-state index in [2.05, 4.69) is 10.6 Å². The van der Waals surface area contributed by atoms with Crippen molar-refractivity contribution in [2.24, 2.45) is 11.8 Å². The van der Waals surface area contributed by atoms with Crippen molar-refractivity contribution < 1.29 is 14.3 Å². The standard InChI is InChI=1S/C15H20N2O3/c1-10(15(19)20-2)13(11-6-4-3-5-7-11)17-14(18)12-8-16-9-12/h3-7,10,12-13,16H,8-9H2,1-2H3,(H,17,18). The van der Waals surface area contributed by atoms with Crippen LogP contribution in [0.2, 0.25) is 0 Å². The Labute approximate surface area is 118 Å². The maximum absolute atomic E-state index is 12.1. The maximum Gasteiger partial charge on any atom is 0.310 e. The number of amides is 1. The van der Waals surface area contributed by atoms with Gasteiger partial charge in [-0.2, -0.15) is 0 Å². The van der Waals surface area contributed by atoms with E-state index < -0.39 is 5.92 Å². The van der Waals surface area contributed by atoms with Crippen LogP contribution in [0, 0.1) is 11.8 Å². The molecule has 1 heterocycles. The molecule has 108 valence electrons. The summed E-state index contributed by atoms with van der Waals surface area (Å²) in [6.45, 7) is 3.16. The summed E-state index contributed by atoms with van der Waals surface area (Å²) in [5.41, 5.74) is 0.908. The molecule has 1 amide bonds. The molecule has 5 heteroatoms. The Balaban J connectivity index is 2.15. The van der Waals surface area contributed by atoms with Crippen molar-refractivity contribution in [1.82, 2.24) is 10.6 Å². The Kier molecular flexibility index (Phi) is 4.74. The first-order valence-electron chi connectivity index (χ1n) is 6.77. The molecule has 0 bridgehead atoms. The van der Waals surface area contributed by atoms with Crippen LogP contribution in [0.4, 0.5) is 0 Å². The molecule has 1 aliphatic rings. The topological polar surface area (TPSA) is 67.4 Å². The van der Waals surface area contributed by atoms with Gasteiger partial charge in [-0.25, -0.2) is 0 Å². The van der Waals surface area contributed by atoms with Gasteiger partial charge in [0.2, 0.25) is 5.91 Å². The quantitative estimate of drug-likeness (QED) is 0.783. The Hall–Kier alpha value is -1.88. The molecule has 20 heavy (non-hydrogen) atoms. The van der Waals surface area contributed by atoms with Crippen molar-refractivity contribution in [2.75, 3.05) is 20.2 Å². The summed E-state index contributed by atoms with van der Waals surface area (Å²) in [5, 5.41) is 6.04. The van der Waals surface area contributed by atoms with E-state index in [0.717, 1.165) is 5.56 Å². The molecule has 1 saturated heterocycles. The predicted molar refractivity (Wildman–Crippen MR) is 74.9 cm³/mol. The molecular weight excluding hydrogens is 256 g/mol. The Morgan fingerprint density at radius 2 is 1.95 bits per heavy atom. The molecule has 0 aliphatic carbocycles. The highest BCUT2D eigenvalue weighted by Gasteiger charge is 2.32. The fourth-order valence-corrected chi connectivity index (χ4v) is 2.22. The zero-order chi connectivity index (χ0) is 14.5. The van der Waals surface area contributed by atoms with Crippen LogP contribution in [0.3, 0.4) is 0 Å². The van der Waals surface area contributed by atoms with Crippen molar-refractivity contribution in [1.29, 1.82) is 0 Å². The van der Waals surface area contributed by atoms with E-state index >= 15 is 0 Å². The van der Waals surface area contributed by atoms with Gasteiger partial charge in [0.05, 0.1) is 25.0 Å². The zero-order valence-electron chi connectivity index (χ0n) is 11.8. The largest absolute Gasteiger partial charge is 0.469 e. The minimum Gasteiger partial charge on any atom is -0.469 e. The number of hydrogen-bond donors (Lipinski definition) is 2. The average molecular weight is 276 g/mol. The van der Waals surface area contributed by atoms with Crippen LogP contribution in [0.15, 0.2) is 30.3 Å². The first-order chi connectivity index (χ1) is 9.63. The average Bonchev–Trinajstić information content (AvgIpc) is 2.42. The Bertz CT molecular complexity index is 471. The zero-order valence-corrected chi connectivity index (χ0v) is 11.8. The smallest absolute Gasteiger partial charge is 0.310 e. The molecular formula is C15H20N2O3. The fourth-order valence-electron chi connectivity index (χ4n) is 2.22. The van der Waals surface area contributed by atoms with Crippen molar-refractivity contribution >= 4 is 11.9 Å². The molecule has 5 nitrogen and oxygen atoms in total. The molecule has 2 N–H and O–H groups in total. The molecule has 1 aliphatic heterocycles. The minimum absolute atomic E-state index is 0.00828. The molecule has 1 aromatic rings. The number of nitrogens with one attached hydrogen (secondary N) is 2. The number of esters is 1. The normalized spacial score (nSPS) is 17.7. The second-order valence-corrected chi connectivity index (χ2v) is 5.06. The lowest BCUT2D eigenvalue weighted by Crippen LogP contribution is -2.52. The monoisotopic (exact) mass is 276 g/mol. The van der Waals surface area contributed by atoms with Gasteiger partial charge in [-0.3, -0.25) is 9.59 Å². The summed E-state index contributed by atoms with van der Waals surface area (Å²) in [7, 11) is 1.36. The number of ether oxygens (including phenoxy) is 1. The van der Waals surface area contributed by atoms with E-state index in [4.69, 9.17) is 4.74 Å². The second-order valence-electron chi connectivity index (χ2n) is 5.06. The molecule has 0 aromatic heterocycles. The number of methoxy groups -OCH3 is 1. The summed E-state index contributed by atoms with van der Waals surface area (Å²) in [6.07, 6.45) is 0. The third-order valence-electron chi connectivity index (χ3n) is 3.68. The summed E-state index contributed by atoms with van der Waals surface area (Å²) in [4.78, 5) is 23.9. The highest BCUT2D eigenvalue weighted by atomic mass is 16.5. The molecule has 0 radical (unpaired) electrons. The van der Waals surface area contributed by atoms with Crippen LogP contribution in [0.25, 0.3) is 0 Å². The van der Waals surface area contributed by atoms with Gasteiger partial charge in [0, 0.05) is 13.1 Å². The van der Waals surface area contributed by atoms with Crippen molar-refractivity contribution in [2.45, 2.75) is 13.0 Å². The van der Waals surface area contributed by atoms with Gasteiger partial charge in [0.1, 0.15) is 0 Å². The lowest BCUT2D eigenvalue weighted by atomic mass is 9.93. The van der Waals surface area contributed by atoms with Crippen LogP contribution < -0.4 is 10.6 Å². The molecule has 2 rings (SSSR count). The van der Waals surface area contributed by atoms with Crippen molar-refractivity contribution in [3.05, 3.63) is 35.9 Å². The fraction of sp³-hybridized carbons (Fsp3) is 0.467. The van der Waals surface area contributed by atoms with Crippen molar-refractivity contribution in [3.8, 4) is 0 Å². The third kappa shape index (κ3) is 3.17. The van der Waals surface area contributed by atoms with Gasteiger partial charge in [-0.1, -0.05) is 30.3 Å². The van der Waals surface area contributed by atoms with E-state index in [1.54, 1.807) is 6.92 Å². The summed E-state index contributed by atoms with van der Waals surface area (Å²) in [5.74, 6) is -0.787. The molecule has 1 aromatic carbocycles. The van der Waals surface area contributed by atoms with E-state index in [9.17, 15) is 9.59 Å². The van der Waals surface area contributed by atoms with Crippen LogP contribution in [-0.2, 0) is 14.3 Å². The molecule has 0 spiro atoms. The highest BCUT2D eigenvalue weighted by Crippen LogP contribution is 2.23. The van der Waals surface area contributed by atoms with E-state index in [1.807, 2.05) is 30.3 Å². The SMILES string of the molecule is COC(=O)C(C)C(NC(=O)C1CNC1)c1ccccc1. The summed E-state index contributed by atoms with van der Waals surface area (Å²) in [6, 6.07) is 9.14. The minimum atomic E-state index is -0.431. The maximum atomic E-state index is 12.1. The number of carbonyl (C=O) groups is 2. The van der Waals surface area contributed by atoms with Gasteiger partial charge in [-0.15, -0.1) is 0 Å². The Morgan fingerprint density at radius 3 is 2.45 bits per heavy atom. The van der Waals surface area contributed by atoms with Gasteiger partial charge in [0.25, 0.3) is 0 Å². The summed E-state index contributed by atoms with van der Waals surface area (Å²) >= 11 is 0. The third-order valence-corrected chi connectivity index (χ3v) is 3.68. The first-order valence-corrected chi connectivity index (χ1v) is 6.77. The number of hydrogen-bond acceptors (Lipinski definition) is 4. The number of rotatable bonds is 5. The lowest BCUT2D eigenvalue weighted by molar-refractivity contribution is -0.146. The van der Waals surface area contributed by atoms with E-state index in [0.29, 0.717) is 13.1 Å². The Morgan fingerprint density at radius 1 is 1.30 bits per heavy atom. The lowest BCUT2D eigenvalue weighted by Gasteiger charge is -2.30. The van der Waals surface area contributed by atoms with Crippen LogP contribution in [0.5, 0.6) is 0 Å². The first kappa shape index (κ1) is 14.5. The van der Waals surface area contributed by atoms with Gasteiger partial charge in [0.15, 0.2) is 0 Å². The molecule has 1 fully saturated rings.